The van der Waals surface area contributed by atoms with Gasteiger partial charge in [0.2, 0.25) is 0 Å². The summed E-state index contributed by atoms with van der Waals surface area (Å²) in [4.78, 5) is 38.6. The van der Waals surface area contributed by atoms with Gasteiger partial charge in [0.15, 0.2) is 6.23 Å². The summed E-state index contributed by atoms with van der Waals surface area (Å²) in [5, 5.41) is 0. The zero-order valence-corrected chi connectivity index (χ0v) is 20.9. The van der Waals surface area contributed by atoms with E-state index in [1.807, 2.05) is 0 Å². The van der Waals surface area contributed by atoms with Gasteiger partial charge < -0.3 is 19.9 Å². The summed E-state index contributed by atoms with van der Waals surface area (Å²) >= 11 is 0. The van der Waals surface area contributed by atoms with Gasteiger partial charge >= 0.3 is 20.3 Å². The van der Waals surface area contributed by atoms with E-state index in [0.717, 1.165) is 38.5 Å². The van der Waals surface area contributed by atoms with Gasteiger partial charge in [-0.05, 0) is 58.3 Å². The molecule has 11 nitrogen and oxygen atoms in total. The second-order valence-corrected chi connectivity index (χ2v) is 10.5. The molecule has 2 heterocycles. The Balaban J connectivity index is 1.31. The first-order valence-corrected chi connectivity index (χ1v) is 13.0. The quantitative estimate of drug-likeness (QED) is 0.244. The monoisotopic (exact) mass is 511 g/mol. The highest BCUT2D eigenvalue weighted by atomic mass is 31.1. The molecule has 0 spiro atoms. The van der Waals surface area contributed by atoms with E-state index in [1.54, 1.807) is 6.92 Å². The summed E-state index contributed by atoms with van der Waals surface area (Å²) in [5.41, 5.74) is 4.11. The van der Waals surface area contributed by atoms with Crippen LogP contribution in [0.4, 0.5) is 0 Å². The highest BCUT2D eigenvalue weighted by Gasteiger charge is 2.53. The third kappa shape index (κ3) is 5.91. The van der Waals surface area contributed by atoms with Gasteiger partial charge in [-0.2, -0.15) is 0 Å². The van der Waals surface area contributed by atoms with Crippen molar-refractivity contribution in [2.75, 3.05) is 19.8 Å². The predicted octanol–water partition coefficient (Wildman–Crippen LogP) is 2.05. The Bertz CT molecular complexity index is 1010. The number of carbonyl (C=O) groups is 1. The van der Waals surface area contributed by atoms with Crippen LogP contribution in [0.25, 0.3) is 0 Å². The van der Waals surface area contributed by atoms with Gasteiger partial charge in [0.05, 0.1) is 23.7 Å². The van der Waals surface area contributed by atoms with Gasteiger partial charge in [-0.3, -0.25) is 23.7 Å². The van der Waals surface area contributed by atoms with Crippen LogP contribution in [0.3, 0.4) is 0 Å². The molecule has 1 aromatic heterocycles. The lowest BCUT2D eigenvalue weighted by Crippen LogP contribution is -2.51. The number of hydrogen-bond acceptors (Lipinski definition) is 9. The van der Waals surface area contributed by atoms with Crippen LogP contribution in [-0.2, 0) is 28.1 Å². The molecule has 3 N–H and O–H groups in total. The molecule has 4 atom stereocenters. The summed E-state index contributed by atoms with van der Waals surface area (Å²) in [6.07, 6.45) is 7.00. The van der Waals surface area contributed by atoms with Gasteiger partial charge in [0, 0.05) is 31.4 Å². The maximum atomic E-state index is 12.6. The number of aromatic amines is 1. The minimum atomic E-state index is -0.998. The minimum absolute atomic E-state index is 0.0211. The average Bonchev–Trinajstić information content (AvgIpc) is 3.35. The number of rotatable bonds is 12. The standard InChI is InChI=1S/C23H34N3O8P/c1-22(24)16(17(14-32-35-30)34-19(22)26-11-6-18(27)25-21(26)29)7-12-31-13-10-23(8-9-23)20(28)33-15-4-2-3-5-15/h6,11,15-17,19H,2-5,7-10,12-14,24H2,1H3,(H,25,27,29)/t16-,17-,19-,22-/m1/s1. The van der Waals surface area contributed by atoms with Gasteiger partial charge in [0.25, 0.3) is 5.56 Å². The average molecular weight is 512 g/mol. The molecule has 194 valence electrons. The third-order valence-corrected chi connectivity index (χ3v) is 7.89. The van der Waals surface area contributed by atoms with Crippen LogP contribution in [0.5, 0.6) is 0 Å². The molecule has 0 bridgehead atoms. The number of aromatic nitrogens is 2. The molecule has 1 aromatic rings. The number of H-pyrrole nitrogens is 1. The molecule has 12 heteroatoms. The first kappa shape index (κ1) is 26.2. The van der Waals surface area contributed by atoms with Crippen molar-refractivity contribution in [3.63, 3.8) is 0 Å². The Labute approximate surface area is 204 Å². The van der Waals surface area contributed by atoms with E-state index in [1.165, 1.54) is 16.8 Å². The number of nitrogens with two attached hydrogens (primary N) is 1. The van der Waals surface area contributed by atoms with E-state index in [4.69, 9.17) is 24.5 Å². The number of hydrogen-bond donors (Lipinski definition) is 2. The van der Waals surface area contributed by atoms with E-state index < -0.39 is 43.2 Å². The Morgan fingerprint density at radius 2 is 2.03 bits per heavy atom. The molecule has 3 aliphatic rings. The van der Waals surface area contributed by atoms with Crippen molar-refractivity contribution in [2.24, 2.45) is 17.1 Å². The van der Waals surface area contributed by atoms with Gasteiger partial charge in [-0.25, -0.2) is 9.36 Å². The number of esters is 1. The van der Waals surface area contributed by atoms with Crippen LogP contribution in [-0.4, -0.2) is 53.1 Å². The van der Waals surface area contributed by atoms with Gasteiger partial charge in [-0.15, -0.1) is 0 Å². The number of ether oxygens (including phenoxy) is 3. The largest absolute Gasteiger partial charge is 0.462 e. The summed E-state index contributed by atoms with van der Waals surface area (Å²) in [6.45, 7) is 2.59. The number of carbonyl (C=O) groups excluding carboxylic acids is 1. The Hall–Kier alpha value is -1.91. The van der Waals surface area contributed by atoms with E-state index in [2.05, 4.69) is 4.98 Å². The van der Waals surface area contributed by atoms with E-state index in [0.29, 0.717) is 26.1 Å². The van der Waals surface area contributed by atoms with E-state index in [-0.39, 0.29) is 24.6 Å². The summed E-state index contributed by atoms with van der Waals surface area (Å²) < 4.78 is 34.8. The molecule has 2 aliphatic carbocycles. The zero-order valence-electron chi connectivity index (χ0n) is 20.0. The predicted molar refractivity (Wildman–Crippen MR) is 125 cm³/mol. The molecular weight excluding hydrogens is 477 g/mol. The van der Waals surface area contributed by atoms with Crippen molar-refractivity contribution in [1.29, 1.82) is 0 Å². The second kappa shape index (κ2) is 11.0. The SMILES string of the molecule is C[C@@]1(N)[C@H](CCOCCC2(C(=O)OC3CCCC3)CC2)[C@@H](COP=O)O[C@H]1n1ccc(=O)[nH]c1=O. The number of nitrogens with zero attached hydrogens (tertiary/aromatic N) is 1. The van der Waals surface area contributed by atoms with Crippen molar-refractivity contribution in [3.8, 4) is 0 Å². The second-order valence-electron chi connectivity index (χ2n) is 10.1. The lowest BCUT2D eigenvalue weighted by molar-refractivity contribution is -0.156. The smallest absolute Gasteiger partial charge is 0.330 e. The third-order valence-electron chi connectivity index (χ3n) is 7.64. The van der Waals surface area contributed by atoms with E-state index >= 15 is 0 Å². The lowest BCUT2D eigenvalue weighted by atomic mass is 9.82. The normalized spacial score (nSPS) is 30.1. The van der Waals surface area contributed by atoms with Gasteiger partial charge in [-0.1, -0.05) is 0 Å². The molecule has 0 aromatic carbocycles. The molecule has 35 heavy (non-hydrogen) atoms. The number of nitrogens with one attached hydrogen (secondary N) is 1. The molecule has 0 radical (unpaired) electrons. The fraction of sp³-hybridized carbons (Fsp3) is 0.783. The topological polar surface area (TPSA) is 152 Å². The van der Waals surface area contributed by atoms with Crippen LogP contribution in [0.15, 0.2) is 21.9 Å². The molecule has 0 amide bonds. The maximum absolute atomic E-state index is 12.6. The first-order chi connectivity index (χ1) is 16.8. The van der Waals surface area contributed by atoms with Crippen LogP contribution < -0.4 is 17.0 Å². The summed E-state index contributed by atoms with van der Waals surface area (Å²) in [7, 11) is -0.482. The minimum Gasteiger partial charge on any atom is -0.462 e. The summed E-state index contributed by atoms with van der Waals surface area (Å²) in [6, 6.07) is 1.23. The highest BCUT2D eigenvalue weighted by Crippen LogP contribution is 2.50. The Morgan fingerprint density at radius 1 is 1.29 bits per heavy atom. The lowest BCUT2D eigenvalue weighted by Gasteiger charge is -2.32. The molecule has 3 fully saturated rings. The van der Waals surface area contributed by atoms with Crippen LogP contribution in [0, 0.1) is 11.3 Å². The molecule has 4 rings (SSSR count). The van der Waals surface area contributed by atoms with Gasteiger partial charge in [0.1, 0.15) is 6.10 Å². The molecule has 1 aliphatic heterocycles. The molecule has 0 unspecified atom stereocenters. The zero-order chi connectivity index (χ0) is 25.1. The van der Waals surface area contributed by atoms with Crippen molar-refractivity contribution in [2.45, 2.75) is 82.3 Å². The molecule has 1 saturated heterocycles. The summed E-state index contributed by atoms with van der Waals surface area (Å²) in [5.74, 6) is -0.370. The molecular formula is C23H34N3O8P. The first-order valence-electron chi connectivity index (χ1n) is 12.3. The van der Waals surface area contributed by atoms with Crippen molar-refractivity contribution in [3.05, 3.63) is 33.1 Å². The Kier molecular flexibility index (Phi) is 8.23. The van der Waals surface area contributed by atoms with Crippen molar-refractivity contribution in [1.82, 2.24) is 9.55 Å². The molecule has 2 saturated carbocycles. The highest BCUT2D eigenvalue weighted by molar-refractivity contribution is 7.17. The van der Waals surface area contributed by atoms with Crippen molar-refractivity contribution >= 4 is 14.7 Å². The maximum Gasteiger partial charge on any atom is 0.330 e. The fourth-order valence-corrected chi connectivity index (χ4v) is 5.50. The van der Waals surface area contributed by atoms with Crippen molar-refractivity contribution < 1.29 is 28.1 Å². The van der Waals surface area contributed by atoms with Crippen LogP contribution in [0.2, 0.25) is 0 Å². The van der Waals surface area contributed by atoms with E-state index in [9.17, 15) is 18.9 Å². The van der Waals surface area contributed by atoms with Crippen LogP contribution >= 0.6 is 8.69 Å². The Morgan fingerprint density at radius 3 is 2.69 bits per heavy atom. The fourth-order valence-electron chi connectivity index (χ4n) is 5.29. The van der Waals surface area contributed by atoms with Crippen LogP contribution in [0.1, 0.15) is 64.5 Å².